The Morgan fingerprint density at radius 1 is 1.13 bits per heavy atom. The molecule has 0 amide bonds. The highest BCUT2D eigenvalue weighted by Crippen LogP contribution is 2.38. The second-order valence-electron chi connectivity index (χ2n) is 7.08. The highest BCUT2D eigenvalue weighted by Gasteiger charge is 2.32. The first kappa shape index (κ1) is 22.2. The SMILES string of the molecule is CC1(C)OCC(COc2ccc(-c3c(Cl)cc(N=C(N)N=C(N)N)cc3Cl)cc2)O1. The summed E-state index contributed by atoms with van der Waals surface area (Å²) in [6.45, 7) is 4.65. The molecule has 0 radical (unpaired) electrons. The third-order valence-electron chi connectivity index (χ3n) is 4.16. The first-order valence-electron chi connectivity index (χ1n) is 9.11. The Balaban J connectivity index is 1.72. The predicted molar refractivity (Wildman–Crippen MR) is 119 cm³/mol. The van der Waals surface area contributed by atoms with Crippen molar-refractivity contribution < 1.29 is 14.2 Å². The maximum atomic E-state index is 6.43. The molecular formula is C20H23Cl2N5O3. The number of guanidine groups is 2. The van der Waals surface area contributed by atoms with E-state index in [-0.39, 0.29) is 18.0 Å². The summed E-state index contributed by atoms with van der Waals surface area (Å²) < 4.78 is 17.1. The van der Waals surface area contributed by atoms with Crippen LogP contribution in [0.2, 0.25) is 10.0 Å². The standard InChI is InChI=1S/C20H23Cl2N5O3/c1-20(2)29-10-14(30-20)9-28-13-5-3-11(4-6-13)17-15(21)7-12(8-16(17)22)26-19(25)27-18(23)24/h3-8,14H,9-10H2,1-2H3,(H6,23,24,25,26,27). The van der Waals surface area contributed by atoms with Crippen molar-refractivity contribution in [2.75, 3.05) is 13.2 Å². The highest BCUT2D eigenvalue weighted by molar-refractivity contribution is 6.39. The summed E-state index contributed by atoms with van der Waals surface area (Å²) in [7, 11) is 0. The molecular weight excluding hydrogens is 429 g/mol. The molecule has 1 fully saturated rings. The Bertz CT molecular complexity index is 950. The van der Waals surface area contributed by atoms with Gasteiger partial charge in [-0.3, -0.25) is 0 Å². The average Bonchev–Trinajstić information content (AvgIpc) is 2.98. The van der Waals surface area contributed by atoms with Gasteiger partial charge in [-0.2, -0.15) is 4.99 Å². The number of hydrogen-bond acceptors (Lipinski definition) is 4. The van der Waals surface area contributed by atoms with Crippen molar-refractivity contribution in [1.29, 1.82) is 0 Å². The van der Waals surface area contributed by atoms with Crippen LogP contribution in [0.4, 0.5) is 5.69 Å². The lowest BCUT2D eigenvalue weighted by Gasteiger charge is -2.17. The topological polar surface area (TPSA) is 130 Å². The van der Waals surface area contributed by atoms with Crippen LogP contribution in [0, 0.1) is 0 Å². The third kappa shape index (κ3) is 5.76. The number of halogens is 2. The molecule has 0 aliphatic carbocycles. The van der Waals surface area contributed by atoms with Crippen molar-refractivity contribution in [3.63, 3.8) is 0 Å². The van der Waals surface area contributed by atoms with E-state index in [1.54, 1.807) is 12.1 Å². The highest BCUT2D eigenvalue weighted by atomic mass is 35.5. The Kier molecular flexibility index (Phi) is 6.72. The second kappa shape index (κ2) is 9.09. The molecule has 2 aromatic carbocycles. The molecule has 1 heterocycles. The lowest BCUT2D eigenvalue weighted by atomic mass is 10.0. The molecule has 6 N–H and O–H groups in total. The van der Waals surface area contributed by atoms with E-state index >= 15 is 0 Å². The van der Waals surface area contributed by atoms with Crippen LogP contribution < -0.4 is 21.9 Å². The van der Waals surface area contributed by atoms with Crippen LogP contribution in [0.3, 0.4) is 0 Å². The smallest absolute Gasteiger partial charge is 0.223 e. The Labute approximate surface area is 184 Å². The summed E-state index contributed by atoms with van der Waals surface area (Å²) in [4.78, 5) is 7.74. The van der Waals surface area contributed by atoms with E-state index in [0.717, 1.165) is 5.56 Å². The fraction of sp³-hybridized carbons (Fsp3) is 0.300. The molecule has 1 atom stereocenters. The number of ether oxygens (including phenoxy) is 3. The molecule has 1 aliphatic rings. The van der Waals surface area contributed by atoms with Gasteiger partial charge in [0.25, 0.3) is 0 Å². The fourth-order valence-electron chi connectivity index (χ4n) is 2.94. The Morgan fingerprint density at radius 3 is 2.30 bits per heavy atom. The van der Waals surface area contributed by atoms with E-state index < -0.39 is 5.79 Å². The largest absolute Gasteiger partial charge is 0.491 e. The number of benzene rings is 2. The maximum absolute atomic E-state index is 6.43. The monoisotopic (exact) mass is 451 g/mol. The number of aliphatic imine (C=N–C) groups is 2. The van der Waals surface area contributed by atoms with E-state index in [1.807, 2.05) is 38.1 Å². The van der Waals surface area contributed by atoms with Gasteiger partial charge in [0, 0.05) is 5.56 Å². The normalized spacial score (nSPS) is 18.3. The van der Waals surface area contributed by atoms with E-state index in [2.05, 4.69) is 9.98 Å². The fourth-order valence-corrected chi connectivity index (χ4v) is 3.64. The molecule has 160 valence electrons. The molecule has 0 aromatic heterocycles. The quantitative estimate of drug-likeness (QED) is 0.471. The van der Waals surface area contributed by atoms with Gasteiger partial charge in [-0.05, 0) is 43.7 Å². The number of rotatable bonds is 5. The molecule has 2 aromatic rings. The van der Waals surface area contributed by atoms with Gasteiger partial charge in [-0.15, -0.1) is 0 Å². The van der Waals surface area contributed by atoms with Gasteiger partial charge < -0.3 is 31.4 Å². The lowest BCUT2D eigenvalue weighted by molar-refractivity contribution is -0.141. The van der Waals surface area contributed by atoms with Crippen LogP contribution >= 0.6 is 23.2 Å². The summed E-state index contributed by atoms with van der Waals surface area (Å²) in [6, 6.07) is 10.7. The van der Waals surface area contributed by atoms with Gasteiger partial charge in [-0.1, -0.05) is 35.3 Å². The van der Waals surface area contributed by atoms with Gasteiger partial charge in [0.1, 0.15) is 18.5 Å². The van der Waals surface area contributed by atoms with Crippen LogP contribution in [-0.2, 0) is 9.47 Å². The van der Waals surface area contributed by atoms with Crippen LogP contribution in [0.5, 0.6) is 5.75 Å². The zero-order valence-electron chi connectivity index (χ0n) is 16.6. The first-order chi connectivity index (χ1) is 14.1. The summed E-state index contributed by atoms with van der Waals surface area (Å²) in [5.74, 6) is -0.166. The maximum Gasteiger partial charge on any atom is 0.223 e. The molecule has 0 bridgehead atoms. The van der Waals surface area contributed by atoms with Crippen molar-refractivity contribution in [2.45, 2.75) is 25.7 Å². The molecule has 0 saturated carbocycles. The molecule has 0 spiro atoms. The summed E-state index contributed by atoms with van der Waals surface area (Å²) >= 11 is 12.9. The van der Waals surface area contributed by atoms with E-state index in [1.165, 1.54) is 0 Å². The minimum absolute atomic E-state index is 0.101. The van der Waals surface area contributed by atoms with Crippen LogP contribution in [0.1, 0.15) is 13.8 Å². The van der Waals surface area contributed by atoms with Crippen molar-refractivity contribution in [2.24, 2.45) is 27.2 Å². The first-order valence-corrected chi connectivity index (χ1v) is 9.86. The molecule has 1 saturated heterocycles. The molecule has 8 nitrogen and oxygen atoms in total. The molecule has 3 rings (SSSR count). The van der Waals surface area contributed by atoms with E-state index in [0.29, 0.717) is 40.3 Å². The van der Waals surface area contributed by atoms with E-state index in [4.69, 9.17) is 54.6 Å². The van der Waals surface area contributed by atoms with Gasteiger partial charge in [0.15, 0.2) is 11.7 Å². The van der Waals surface area contributed by atoms with E-state index in [9.17, 15) is 0 Å². The minimum Gasteiger partial charge on any atom is -0.491 e. The van der Waals surface area contributed by atoms with Gasteiger partial charge >= 0.3 is 0 Å². The molecule has 1 aliphatic heterocycles. The van der Waals surface area contributed by atoms with Gasteiger partial charge in [-0.25, -0.2) is 4.99 Å². The van der Waals surface area contributed by atoms with Crippen LogP contribution in [0.25, 0.3) is 11.1 Å². The Morgan fingerprint density at radius 2 is 1.77 bits per heavy atom. The average molecular weight is 452 g/mol. The zero-order valence-corrected chi connectivity index (χ0v) is 18.1. The number of nitrogens with two attached hydrogens (primary N) is 3. The van der Waals surface area contributed by atoms with Gasteiger partial charge in [0.2, 0.25) is 5.96 Å². The molecule has 30 heavy (non-hydrogen) atoms. The zero-order chi connectivity index (χ0) is 21.9. The third-order valence-corrected chi connectivity index (χ3v) is 4.76. The number of hydrogen-bond donors (Lipinski definition) is 3. The van der Waals surface area contributed by atoms with Crippen molar-refractivity contribution in [1.82, 2.24) is 0 Å². The van der Waals surface area contributed by atoms with Crippen molar-refractivity contribution in [3.05, 3.63) is 46.4 Å². The summed E-state index contributed by atoms with van der Waals surface area (Å²) in [5, 5.41) is 0.817. The summed E-state index contributed by atoms with van der Waals surface area (Å²) in [5.41, 5.74) is 18.1. The predicted octanol–water partition coefficient (Wildman–Crippen LogP) is 3.41. The summed E-state index contributed by atoms with van der Waals surface area (Å²) in [6.07, 6.45) is -0.108. The van der Waals surface area contributed by atoms with Crippen LogP contribution in [0.15, 0.2) is 46.4 Å². The second-order valence-corrected chi connectivity index (χ2v) is 7.89. The molecule has 1 unspecified atom stereocenters. The Hall–Kier alpha value is -2.52. The van der Waals surface area contributed by atoms with Crippen molar-refractivity contribution in [3.8, 4) is 16.9 Å². The van der Waals surface area contributed by atoms with Crippen LogP contribution in [-0.4, -0.2) is 37.0 Å². The number of nitrogens with zero attached hydrogens (tertiary/aromatic N) is 2. The van der Waals surface area contributed by atoms with Gasteiger partial charge in [0.05, 0.1) is 22.3 Å². The molecule has 10 heteroatoms. The minimum atomic E-state index is -0.574. The van der Waals surface area contributed by atoms with Crippen molar-refractivity contribution >= 4 is 40.8 Å². The lowest BCUT2D eigenvalue weighted by Crippen LogP contribution is -2.26.